The fourth-order valence-corrected chi connectivity index (χ4v) is 1.56. The molecule has 1 heterocycles. The second kappa shape index (κ2) is 4.83. The molecular formula is C13H13N3O2. The van der Waals surface area contributed by atoms with E-state index >= 15 is 0 Å². The molecule has 92 valence electrons. The van der Waals surface area contributed by atoms with Crippen LogP contribution < -0.4 is 5.32 Å². The van der Waals surface area contributed by atoms with Crippen LogP contribution in [0.3, 0.4) is 0 Å². The summed E-state index contributed by atoms with van der Waals surface area (Å²) in [5.41, 5.74) is 1.97. The number of aryl methyl sites for hydroxylation is 1. The van der Waals surface area contributed by atoms with Gasteiger partial charge in [-0.3, -0.25) is 9.59 Å². The van der Waals surface area contributed by atoms with E-state index in [0.717, 1.165) is 5.69 Å². The van der Waals surface area contributed by atoms with Crippen molar-refractivity contribution in [2.24, 2.45) is 0 Å². The standard InChI is InChI=1S/C13H13N3O2/c1-9-7-8-16(15-9)13(18)11-3-5-12(6-4-11)14-10(2)17/h3-8H,1-2H3,(H,14,17). The maximum absolute atomic E-state index is 12.0. The van der Waals surface area contributed by atoms with E-state index in [1.54, 1.807) is 36.5 Å². The van der Waals surface area contributed by atoms with E-state index < -0.39 is 0 Å². The molecule has 5 heteroatoms. The molecule has 2 aromatic rings. The number of anilines is 1. The van der Waals surface area contributed by atoms with Crippen molar-refractivity contribution in [3.63, 3.8) is 0 Å². The number of carbonyl (C=O) groups excluding carboxylic acids is 2. The van der Waals surface area contributed by atoms with E-state index in [1.807, 2.05) is 6.92 Å². The number of rotatable bonds is 2. The molecule has 2 rings (SSSR count). The summed E-state index contributed by atoms with van der Waals surface area (Å²) in [4.78, 5) is 22.9. The Morgan fingerprint density at radius 3 is 2.33 bits per heavy atom. The fourth-order valence-electron chi connectivity index (χ4n) is 1.56. The van der Waals surface area contributed by atoms with Crippen LogP contribution in [0.4, 0.5) is 5.69 Å². The molecule has 0 saturated heterocycles. The van der Waals surface area contributed by atoms with Crippen LogP contribution in [-0.4, -0.2) is 21.6 Å². The molecule has 1 N–H and O–H groups in total. The summed E-state index contributed by atoms with van der Waals surface area (Å²) in [5, 5.41) is 6.70. The molecule has 18 heavy (non-hydrogen) atoms. The van der Waals surface area contributed by atoms with E-state index in [2.05, 4.69) is 10.4 Å². The Bertz CT molecular complexity index is 585. The van der Waals surface area contributed by atoms with Gasteiger partial charge in [0.15, 0.2) is 0 Å². The lowest BCUT2D eigenvalue weighted by Crippen LogP contribution is -2.13. The summed E-state index contributed by atoms with van der Waals surface area (Å²) < 4.78 is 1.29. The van der Waals surface area contributed by atoms with Crippen molar-refractivity contribution in [1.82, 2.24) is 9.78 Å². The zero-order valence-corrected chi connectivity index (χ0v) is 10.2. The highest BCUT2D eigenvalue weighted by atomic mass is 16.2. The molecule has 0 saturated carbocycles. The number of nitrogens with one attached hydrogen (secondary N) is 1. The third kappa shape index (κ3) is 2.63. The van der Waals surface area contributed by atoms with Crippen molar-refractivity contribution in [3.05, 3.63) is 47.8 Å². The molecule has 0 radical (unpaired) electrons. The molecule has 1 amide bonds. The highest BCUT2D eigenvalue weighted by Crippen LogP contribution is 2.10. The highest BCUT2D eigenvalue weighted by molar-refractivity contribution is 5.96. The lowest BCUT2D eigenvalue weighted by atomic mass is 10.2. The first-order valence-electron chi connectivity index (χ1n) is 5.51. The van der Waals surface area contributed by atoms with Crippen molar-refractivity contribution in [1.29, 1.82) is 0 Å². The Hall–Kier alpha value is -2.43. The van der Waals surface area contributed by atoms with Gasteiger partial charge in [-0.15, -0.1) is 0 Å². The van der Waals surface area contributed by atoms with Gasteiger partial charge in [-0.1, -0.05) is 0 Å². The van der Waals surface area contributed by atoms with Gasteiger partial charge < -0.3 is 5.32 Å². The molecule has 0 aliphatic heterocycles. The number of carbonyl (C=O) groups is 2. The number of hydrogen-bond acceptors (Lipinski definition) is 3. The number of benzene rings is 1. The number of aromatic nitrogens is 2. The van der Waals surface area contributed by atoms with E-state index in [-0.39, 0.29) is 11.8 Å². The molecule has 0 atom stereocenters. The summed E-state index contributed by atoms with van der Waals surface area (Å²) in [6.07, 6.45) is 1.62. The lowest BCUT2D eigenvalue weighted by molar-refractivity contribution is -0.114. The first kappa shape index (κ1) is 12.0. The summed E-state index contributed by atoms with van der Waals surface area (Å²) in [5.74, 6) is -0.339. The molecule has 0 aliphatic carbocycles. The molecule has 0 aliphatic rings. The topological polar surface area (TPSA) is 64.0 Å². The van der Waals surface area contributed by atoms with Gasteiger partial charge in [0.1, 0.15) is 0 Å². The van der Waals surface area contributed by atoms with Crippen LogP contribution >= 0.6 is 0 Å². The second-order valence-corrected chi connectivity index (χ2v) is 3.97. The average Bonchev–Trinajstić information content (AvgIpc) is 2.75. The molecule has 1 aromatic carbocycles. The summed E-state index contributed by atoms with van der Waals surface area (Å²) in [6.45, 7) is 3.26. The Balaban J connectivity index is 2.19. The largest absolute Gasteiger partial charge is 0.326 e. The quantitative estimate of drug-likeness (QED) is 0.875. The predicted molar refractivity (Wildman–Crippen MR) is 67.4 cm³/mol. The van der Waals surface area contributed by atoms with E-state index in [0.29, 0.717) is 11.3 Å². The van der Waals surface area contributed by atoms with Crippen LogP contribution in [0.15, 0.2) is 36.5 Å². The van der Waals surface area contributed by atoms with Gasteiger partial charge in [0.2, 0.25) is 5.91 Å². The maximum Gasteiger partial charge on any atom is 0.278 e. The highest BCUT2D eigenvalue weighted by Gasteiger charge is 2.09. The number of nitrogens with zero attached hydrogens (tertiary/aromatic N) is 2. The van der Waals surface area contributed by atoms with Gasteiger partial charge in [-0.05, 0) is 37.3 Å². The van der Waals surface area contributed by atoms with Gasteiger partial charge in [0.05, 0.1) is 5.69 Å². The van der Waals surface area contributed by atoms with Gasteiger partial charge in [-0.25, -0.2) is 4.68 Å². The minimum absolute atomic E-state index is 0.142. The summed E-state index contributed by atoms with van der Waals surface area (Å²) >= 11 is 0. The molecule has 0 unspecified atom stereocenters. The van der Waals surface area contributed by atoms with Crippen molar-refractivity contribution in [2.45, 2.75) is 13.8 Å². The molecule has 1 aromatic heterocycles. The van der Waals surface area contributed by atoms with Crippen molar-refractivity contribution >= 4 is 17.5 Å². The van der Waals surface area contributed by atoms with Gasteiger partial charge in [0.25, 0.3) is 5.91 Å². The zero-order chi connectivity index (χ0) is 13.1. The van der Waals surface area contributed by atoms with Crippen molar-refractivity contribution in [3.8, 4) is 0 Å². The molecule has 5 nitrogen and oxygen atoms in total. The van der Waals surface area contributed by atoms with Crippen molar-refractivity contribution in [2.75, 3.05) is 5.32 Å². The van der Waals surface area contributed by atoms with E-state index in [1.165, 1.54) is 11.6 Å². The SMILES string of the molecule is CC(=O)Nc1ccc(C(=O)n2ccc(C)n2)cc1. The van der Waals surface area contributed by atoms with Crippen LogP contribution in [0, 0.1) is 6.92 Å². The van der Waals surface area contributed by atoms with E-state index in [9.17, 15) is 9.59 Å². The fraction of sp³-hybridized carbons (Fsp3) is 0.154. The Labute approximate surface area is 104 Å². The summed E-state index contributed by atoms with van der Waals surface area (Å²) in [6, 6.07) is 8.45. The molecule has 0 fully saturated rings. The van der Waals surface area contributed by atoms with Crippen LogP contribution in [-0.2, 0) is 4.79 Å². The van der Waals surface area contributed by atoms with Gasteiger partial charge in [-0.2, -0.15) is 5.10 Å². The minimum Gasteiger partial charge on any atom is -0.326 e. The zero-order valence-electron chi connectivity index (χ0n) is 10.2. The molecule has 0 bridgehead atoms. The van der Waals surface area contributed by atoms with Crippen LogP contribution in [0.25, 0.3) is 0 Å². The number of hydrogen-bond donors (Lipinski definition) is 1. The predicted octanol–water partition coefficient (Wildman–Crippen LogP) is 1.84. The van der Waals surface area contributed by atoms with Crippen LogP contribution in [0.1, 0.15) is 23.0 Å². The lowest BCUT2D eigenvalue weighted by Gasteiger charge is -2.04. The van der Waals surface area contributed by atoms with Crippen LogP contribution in [0.2, 0.25) is 0 Å². The van der Waals surface area contributed by atoms with Crippen molar-refractivity contribution < 1.29 is 9.59 Å². The minimum atomic E-state index is -0.197. The smallest absolute Gasteiger partial charge is 0.278 e. The molecule has 0 spiro atoms. The van der Waals surface area contributed by atoms with Crippen LogP contribution in [0.5, 0.6) is 0 Å². The van der Waals surface area contributed by atoms with Gasteiger partial charge >= 0.3 is 0 Å². The third-order valence-corrected chi connectivity index (χ3v) is 2.38. The Morgan fingerprint density at radius 2 is 1.83 bits per heavy atom. The second-order valence-electron chi connectivity index (χ2n) is 3.97. The monoisotopic (exact) mass is 243 g/mol. The Kier molecular flexibility index (Phi) is 3.23. The normalized spacial score (nSPS) is 10.1. The third-order valence-electron chi connectivity index (χ3n) is 2.38. The van der Waals surface area contributed by atoms with Gasteiger partial charge in [0, 0.05) is 24.4 Å². The average molecular weight is 243 g/mol. The molecular weight excluding hydrogens is 230 g/mol. The summed E-state index contributed by atoms with van der Waals surface area (Å²) in [7, 11) is 0. The first-order chi connectivity index (χ1) is 8.56. The van der Waals surface area contributed by atoms with E-state index in [4.69, 9.17) is 0 Å². The maximum atomic E-state index is 12.0. The Morgan fingerprint density at radius 1 is 1.17 bits per heavy atom. The number of amides is 1. The first-order valence-corrected chi connectivity index (χ1v) is 5.51.